The first-order valence-corrected chi connectivity index (χ1v) is 6.89. The molecule has 0 aliphatic carbocycles. The Labute approximate surface area is 119 Å². The van der Waals surface area contributed by atoms with Gasteiger partial charge in [0.05, 0.1) is 16.8 Å². The van der Waals surface area contributed by atoms with Crippen LogP contribution in [0, 0.1) is 5.92 Å². The van der Waals surface area contributed by atoms with Crippen molar-refractivity contribution in [1.29, 1.82) is 0 Å². The third kappa shape index (κ3) is 3.57. The highest BCUT2D eigenvalue weighted by Gasteiger charge is 2.26. The van der Waals surface area contributed by atoms with Crippen LogP contribution in [0.15, 0.2) is 12.1 Å². The number of nitrogens with one attached hydrogen (secondary N) is 1. The number of aromatic nitrogens is 1. The molecule has 5 nitrogen and oxygen atoms in total. The van der Waals surface area contributed by atoms with Gasteiger partial charge in [-0.25, -0.2) is 10.8 Å². The number of hydrogen-bond donors (Lipinski definition) is 2. The molecule has 1 fully saturated rings. The molecule has 1 aliphatic heterocycles. The number of likely N-dealkylation sites (tertiary alicyclic amines) is 1. The Balaban J connectivity index is 2.04. The van der Waals surface area contributed by atoms with E-state index in [4.69, 9.17) is 22.2 Å². The third-order valence-electron chi connectivity index (χ3n) is 3.72. The monoisotopic (exact) mass is 284 g/mol. The third-order valence-corrected chi connectivity index (χ3v) is 4.06. The van der Waals surface area contributed by atoms with E-state index in [9.17, 15) is 0 Å². The number of hydrogen-bond acceptors (Lipinski definition) is 5. The van der Waals surface area contributed by atoms with Crippen molar-refractivity contribution in [3.8, 4) is 0 Å². The van der Waals surface area contributed by atoms with Crippen LogP contribution in [0.4, 0.5) is 5.82 Å². The van der Waals surface area contributed by atoms with Crippen molar-refractivity contribution in [2.75, 3.05) is 25.6 Å². The van der Waals surface area contributed by atoms with Crippen molar-refractivity contribution in [2.45, 2.75) is 26.0 Å². The smallest absolute Gasteiger partial charge is 0.140 e. The topological polar surface area (TPSA) is 63.4 Å². The van der Waals surface area contributed by atoms with Crippen LogP contribution in [0.2, 0.25) is 5.02 Å². The highest BCUT2D eigenvalue weighted by Crippen LogP contribution is 2.23. The summed E-state index contributed by atoms with van der Waals surface area (Å²) in [6.45, 7) is 4.91. The number of hydrazine groups is 1. The lowest BCUT2D eigenvalue weighted by atomic mass is 9.96. The second kappa shape index (κ2) is 6.52. The minimum atomic E-state index is 0.281. The summed E-state index contributed by atoms with van der Waals surface area (Å²) in [5.74, 6) is 6.61. The molecule has 6 heteroatoms. The Hall–Kier alpha value is -0.880. The van der Waals surface area contributed by atoms with Gasteiger partial charge < -0.3 is 10.2 Å². The average Bonchev–Trinajstić information content (AvgIpc) is 2.43. The average molecular weight is 285 g/mol. The normalized spacial score (nSPS) is 24.4. The number of ether oxygens (including phenoxy) is 1. The Bertz CT molecular complexity index is 429. The van der Waals surface area contributed by atoms with Crippen molar-refractivity contribution in [2.24, 2.45) is 11.8 Å². The maximum Gasteiger partial charge on any atom is 0.140 e. The highest BCUT2D eigenvalue weighted by atomic mass is 35.5. The van der Waals surface area contributed by atoms with E-state index in [2.05, 4.69) is 22.2 Å². The Morgan fingerprint density at radius 2 is 2.37 bits per heavy atom. The van der Waals surface area contributed by atoms with E-state index >= 15 is 0 Å². The van der Waals surface area contributed by atoms with Gasteiger partial charge in [0.25, 0.3) is 0 Å². The zero-order chi connectivity index (χ0) is 13.8. The molecule has 0 amide bonds. The van der Waals surface area contributed by atoms with Gasteiger partial charge in [0.2, 0.25) is 0 Å². The zero-order valence-electron chi connectivity index (χ0n) is 11.4. The molecule has 1 aromatic heterocycles. The van der Waals surface area contributed by atoms with E-state index in [1.165, 1.54) is 0 Å². The highest BCUT2D eigenvalue weighted by molar-refractivity contribution is 6.31. The summed E-state index contributed by atoms with van der Waals surface area (Å²) in [5, 5.41) is 0.673. The van der Waals surface area contributed by atoms with Crippen molar-refractivity contribution in [3.63, 3.8) is 0 Å². The van der Waals surface area contributed by atoms with Crippen LogP contribution < -0.4 is 11.3 Å². The predicted octanol–water partition coefficient (Wildman–Crippen LogP) is 1.88. The largest absolute Gasteiger partial charge is 0.380 e. The Morgan fingerprint density at radius 3 is 3.05 bits per heavy atom. The van der Waals surface area contributed by atoms with E-state index in [1.54, 1.807) is 13.2 Å². The summed E-state index contributed by atoms with van der Waals surface area (Å²) in [4.78, 5) is 6.73. The molecule has 0 aromatic carbocycles. The fourth-order valence-electron chi connectivity index (χ4n) is 2.44. The number of rotatable bonds is 4. The Morgan fingerprint density at radius 1 is 1.58 bits per heavy atom. The number of pyridine rings is 1. The number of anilines is 1. The van der Waals surface area contributed by atoms with Crippen LogP contribution >= 0.6 is 11.6 Å². The molecule has 1 saturated heterocycles. The standard InChI is InChI=1S/C13H21ClN4O/c1-9-5-6-18(8-12(9)19-2)7-11-10(14)3-4-13(16-11)17-15/h3-4,9,12H,5-8,15H2,1-2H3,(H,16,17). The zero-order valence-corrected chi connectivity index (χ0v) is 12.2. The van der Waals surface area contributed by atoms with E-state index in [0.717, 1.165) is 31.7 Å². The number of nitrogen functional groups attached to an aromatic ring is 1. The lowest BCUT2D eigenvalue weighted by molar-refractivity contribution is -0.00776. The minimum absolute atomic E-state index is 0.281. The van der Waals surface area contributed by atoms with Gasteiger partial charge in [-0.1, -0.05) is 18.5 Å². The minimum Gasteiger partial charge on any atom is -0.380 e. The van der Waals surface area contributed by atoms with E-state index < -0.39 is 0 Å². The quantitative estimate of drug-likeness (QED) is 0.653. The maximum absolute atomic E-state index is 6.18. The van der Waals surface area contributed by atoms with Crippen LogP contribution in [0.1, 0.15) is 19.0 Å². The second-order valence-corrected chi connectivity index (χ2v) is 5.45. The SMILES string of the molecule is COC1CN(Cc2nc(NN)ccc2Cl)CCC1C. The van der Waals surface area contributed by atoms with Gasteiger partial charge in [-0.2, -0.15) is 0 Å². The lowest BCUT2D eigenvalue weighted by Gasteiger charge is -2.36. The first-order valence-electron chi connectivity index (χ1n) is 6.51. The first kappa shape index (κ1) is 14.5. The Kier molecular flexibility index (Phi) is 4.99. The summed E-state index contributed by atoms with van der Waals surface area (Å²) in [6, 6.07) is 3.58. The first-order chi connectivity index (χ1) is 9.13. The maximum atomic E-state index is 6.18. The summed E-state index contributed by atoms with van der Waals surface area (Å²) in [6.07, 6.45) is 1.41. The van der Waals surface area contributed by atoms with Gasteiger partial charge in [-0.3, -0.25) is 4.90 Å². The van der Waals surface area contributed by atoms with Gasteiger partial charge in [0, 0.05) is 20.2 Å². The summed E-state index contributed by atoms with van der Waals surface area (Å²) in [5.41, 5.74) is 3.39. The molecular formula is C13H21ClN4O. The second-order valence-electron chi connectivity index (χ2n) is 5.04. The number of methoxy groups -OCH3 is 1. The van der Waals surface area contributed by atoms with Gasteiger partial charge in [0.1, 0.15) is 5.82 Å². The van der Waals surface area contributed by atoms with Crippen LogP contribution in [0.5, 0.6) is 0 Å². The van der Waals surface area contributed by atoms with Crippen LogP contribution in [0.25, 0.3) is 0 Å². The number of piperidine rings is 1. The molecule has 0 radical (unpaired) electrons. The molecule has 2 unspecified atom stereocenters. The molecule has 106 valence electrons. The molecule has 1 aromatic rings. The number of nitrogens with two attached hydrogens (primary N) is 1. The fourth-order valence-corrected chi connectivity index (χ4v) is 2.60. The molecule has 3 N–H and O–H groups in total. The van der Waals surface area contributed by atoms with E-state index in [1.807, 2.05) is 6.07 Å². The van der Waals surface area contributed by atoms with Gasteiger partial charge in [0.15, 0.2) is 0 Å². The van der Waals surface area contributed by atoms with Gasteiger partial charge >= 0.3 is 0 Å². The number of halogens is 1. The molecule has 2 rings (SSSR count). The summed E-state index contributed by atoms with van der Waals surface area (Å²) < 4.78 is 5.52. The van der Waals surface area contributed by atoms with Crippen molar-refractivity contribution < 1.29 is 4.74 Å². The van der Waals surface area contributed by atoms with E-state index in [0.29, 0.717) is 16.8 Å². The van der Waals surface area contributed by atoms with Crippen molar-refractivity contribution in [1.82, 2.24) is 9.88 Å². The molecule has 0 bridgehead atoms. The fraction of sp³-hybridized carbons (Fsp3) is 0.615. The summed E-state index contributed by atoms with van der Waals surface area (Å²) >= 11 is 6.18. The molecule has 0 saturated carbocycles. The van der Waals surface area contributed by atoms with Gasteiger partial charge in [-0.15, -0.1) is 0 Å². The molecule has 0 spiro atoms. The molecule has 1 aliphatic rings. The lowest BCUT2D eigenvalue weighted by Crippen LogP contribution is -2.43. The van der Waals surface area contributed by atoms with Crippen molar-refractivity contribution >= 4 is 17.4 Å². The van der Waals surface area contributed by atoms with Crippen LogP contribution in [0.3, 0.4) is 0 Å². The van der Waals surface area contributed by atoms with Crippen molar-refractivity contribution in [3.05, 3.63) is 22.8 Å². The molecule has 2 heterocycles. The molecular weight excluding hydrogens is 264 g/mol. The molecule has 2 atom stereocenters. The summed E-state index contributed by atoms with van der Waals surface area (Å²) in [7, 11) is 1.77. The van der Waals surface area contributed by atoms with E-state index in [-0.39, 0.29) is 6.10 Å². The number of nitrogens with zero attached hydrogens (tertiary/aromatic N) is 2. The molecule has 19 heavy (non-hydrogen) atoms. The predicted molar refractivity (Wildman–Crippen MR) is 76.9 cm³/mol. The van der Waals surface area contributed by atoms with Crippen LogP contribution in [-0.4, -0.2) is 36.2 Å². The van der Waals surface area contributed by atoms with Gasteiger partial charge in [-0.05, 0) is 31.0 Å². The van der Waals surface area contributed by atoms with Crippen LogP contribution in [-0.2, 0) is 11.3 Å².